The molecule has 0 N–H and O–H groups in total. The molecule has 2 atom stereocenters. The molecule has 0 saturated heterocycles. The Bertz CT molecular complexity index is 1140. The Morgan fingerprint density at radius 2 is 1.19 bits per heavy atom. The maximum atomic E-state index is 14.4. The number of halogens is 4. The van der Waals surface area contributed by atoms with Gasteiger partial charge in [0.15, 0.2) is 11.6 Å². The van der Waals surface area contributed by atoms with Gasteiger partial charge in [-0.05, 0) is 71.1 Å². The molecule has 2 aromatic carbocycles. The number of thioether (sulfide) groups is 1. The van der Waals surface area contributed by atoms with Crippen molar-refractivity contribution in [3.05, 3.63) is 69.7 Å². The summed E-state index contributed by atoms with van der Waals surface area (Å²) in [7, 11) is 0. The van der Waals surface area contributed by atoms with Gasteiger partial charge in [0.25, 0.3) is 0 Å². The monoisotopic (exact) mass is 482 g/mol. The lowest BCUT2D eigenvalue weighted by molar-refractivity contribution is 0.601. The lowest BCUT2D eigenvalue weighted by atomic mass is 10.3. The Morgan fingerprint density at radius 1 is 0.774 bits per heavy atom. The van der Waals surface area contributed by atoms with Gasteiger partial charge < -0.3 is 0 Å². The molecule has 13 heteroatoms. The fourth-order valence-corrected chi connectivity index (χ4v) is 4.44. The van der Waals surface area contributed by atoms with Gasteiger partial charge in [0.1, 0.15) is 23.0 Å². The van der Waals surface area contributed by atoms with Gasteiger partial charge in [-0.1, -0.05) is 23.2 Å². The van der Waals surface area contributed by atoms with E-state index in [-0.39, 0.29) is 31.9 Å². The molecule has 0 bridgehead atoms. The van der Waals surface area contributed by atoms with Crippen LogP contribution in [0.4, 0.5) is 8.78 Å². The van der Waals surface area contributed by atoms with Crippen molar-refractivity contribution in [3.8, 4) is 11.4 Å². The van der Waals surface area contributed by atoms with E-state index in [9.17, 15) is 8.78 Å². The van der Waals surface area contributed by atoms with Gasteiger partial charge in [-0.3, -0.25) is 0 Å². The third kappa shape index (κ3) is 4.39. The minimum absolute atomic E-state index is 0.178. The molecular weight excluding hydrogens is 469 g/mol. The normalized spacial score (nSPS) is 13.4. The van der Waals surface area contributed by atoms with Crippen LogP contribution in [-0.2, 0) is 0 Å². The average Bonchev–Trinajstić information content (AvgIpc) is 3.37. The van der Waals surface area contributed by atoms with Gasteiger partial charge in [-0.25, -0.2) is 8.78 Å². The van der Waals surface area contributed by atoms with E-state index in [1.165, 1.54) is 45.4 Å². The second-order valence-electron chi connectivity index (χ2n) is 6.51. The second-order valence-corrected chi connectivity index (χ2v) is 9.07. The van der Waals surface area contributed by atoms with E-state index >= 15 is 0 Å². The molecule has 0 fully saturated rings. The minimum Gasteiger partial charge on any atom is -0.205 e. The van der Waals surface area contributed by atoms with E-state index in [1.807, 2.05) is 13.8 Å². The molecule has 0 saturated carbocycles. The number of nitrogens with zero attached hydrogens (tertiary/aromatic N) is 8. The van der Waals surface area contributed by atoms with Gasteiger partial charge in [-0.15, -0.1) is 22.0 Å². The summed E-state index contributed by atoms with van der Waals surface area (Å²) in [6.07, 6.45) is 0. The molecule has 8 nitrogen and oxygen atoms in total. The minimum atomic E-state index is -0.548. The second kappa shape index (κ2) is 8.85. The molecule has 0 spiro atoms. The summed E-state index contributed by atoms with van der Waals surface area (Å²) in [5.41, 5.74) is 0.357. The largest absolute Gasteiger partial charge is 0.205 e. The summed E-state index contributed by atoms with van der Waals surface area (Å²) in [4.78, 5) is 0. The molecule has 0 amide bonds. The van der Waals surface area contributed by atoms with Crippen molar-refractivity contribution in [2.24, 2.45) is 0 Å². The third-order valence-corrected chi connectivity index (χ3v) is 6.11. The quantitative estimate of drug-likeness (QED) is 0.390. The number of hydrogen-bond acceptors (Lipinski definition) is 7. The van der Waals surface area contributed by atoms with E-state index < -0.39 is 11.6 Å². The summed E-state index contributed by atoms with van der Waals surface area (Å²) in [5.74, 6) is -0.244. The molecule has 2 heterocycles. The number of aromatic nitrogens is 8. The standard InChI is InChI=1S/C18H14Cl2F2N8S/c1-9(17-23-25-27-29(17)15-5-3-11(19)7-13(15)21)31-10(2)18-24-26-28-30(18)16-6-4-12(20)8-14(16)22/h3-10H,1-2H3. The lowest BCUT2D eigenvalue weighted by Crippen LogP contribution is -2.10. The molecule has 0 aliphatic heterocycles. The topological polar surface area (TPSA) is 87.2 Å². The van der Waals surface area contributed by atoms with E-state index in [1.54, 1.807) is 12.1 Å². The first-order chi connectivity index (χ1) is 14.8. The van der Waals surface area contributed by atoms with Crippen molar-refractivity contribution < 1.29 is 8.78 Å². The van der Waals surface area contributed by atoms with Gasteiger partial charge in [-0.2, -0.15) is 9.36 Å². The zero-order valence-electron chi connectivity index (χ0n) is 16.1. The van der Waals surface area contributed by atoms with Crippen LogP contribution in [0.1, 0.15) is 36.0 Å². The number of tetrazole rings is 2. The van der Waals surface area contributed by atoms with Crippen LogP contribution in [0.25, 0.3) is 11.4 Å². The molecule has 0 radical (unpaired) electrons. The van der Waals surface area contributed by atoms with E-state index in [2.05, 4.69) is 31.1 Å². The summed E-state index contributed by atoms with van der Waals surface area (Å²) in [6, 6.07) is 8.50. The van der Waals surface area contributed by atoms with Gasteiger partial charge in [0.05, 0.1) is 10.5 Å². The van der Waals surface area contributed by atoms with Gasteiger partial charge in [0, 0.05) is 10.0 Å². The molecular formula is C18H14Cl2F2N8S. The van der Waals surface area contributed by atoms with Crippen molar-refractivity contribution in [2.45, 2.75) is 24.3 Å². The van der Waals surface area contributed by atoms with Crippen molar-refractivity contribution >= 4 is 35.0 Å². The zero-order valence-corrected chi connectivity index (χ0v) is 18.4. The summed E-state index contributed by atoms with van der Waals surface area (Å²) in [6.45, 7) is 3.74. The molecule has 160 valence electrons. The molecule has 4 aromatic rings. The third-order valence-electron chi connectivity index (χ3n) is 4.40. The molecule has 0 aliphatic rings. The fraction of sp³-hybridized carbons (Fsp3) is 0.222. The Labute approximate surface area is 189 Å². The summed E-state index contributed by atoms with van der Waals surface area (Å²) >= 11 is 13.1. The van der Waals surface area contributed by atoms with Crippen LogP contribution >= 0.6 is 35.0 Å². The van der Waals surface area contributed by atoms with Crippen LogP contribution in [0.2, 0.25) is 10.0 Å². The van der Waals surface area contributed by atoms with E-state index in [0.717, 1.165) is 0 Å². The van der Waals surface area contributed by atoms with Crippen molar-refractivity contribution in [2.75, 3.05) is 0 Å². The highest BCUT2D eigenvalue weighted by atomic mass is 35.5. The average molecular weight is 483 g/mol. The lowest BCUT2D eigenvalue weighted by Gasteiger charge is -2.17. The Balaban J connectivity index is 1.60. The van der Waals surface area contributed by atoms with Gasteiger partial charge >= 0.3 is 0 Å². The maximum absolute atomic E-state index is 14.4. The van der Waals surface area contributed by atoms with Crippen LogP contribution in [0.3, 0.4) is 0 Å². The molecule has 2 unspecified atom stereocenters. The summed E-state index contributed by atoms with van der Waals surface area (Å²) < 4.78 is 31.4. The van der Waals surface area contributed by atoms with Crippen molar-refractivity contribution in [1.82, 2.24) is 40.4 Å². The van der Waals surface area contributed by atoms with Crippen LogP contribution in [0.15, 0.2) is 36.4 Å². The molecule has 4 rings (SSSR count). The smallest absolute Gasteiger partial charge is 0.169 e. The molecule has 0 aliphatic carbocycles. The zero-order chi connectivity index (χ0) is 22.1. The first-order valence-corrected chi connectivity index (χ1v) is 10.7. The SMILES string of the molecule is CC(SC(C)c1nnnn1-c1ccc(Cl)cc1F)c1nnnn1-c1ccc(Cl)cc1F. The molecule has 31 heavy (non-hydrogen) atoms. The Morgan fingerprint density at radius 3 is 1.58 bits per heavy atom. The summed E-state index contributed by atoms with van der Waals surface area (Å²) in [5, 5.41) is 23.2. The van der Waals surface area contributed by atoms with Crippen LogP contribution in [0.5, 0.6) is 0 Å². The maximum Gasteiger partial charge on any atom is 0.169 e. The molecule has 2 aromatic heterocycles. The number of benzene rings is 2. The highest BCUT2D eigenvalue weighted by molar-refractivity contribution is 7.99. The highest BCUT2D eigenvalue weighted by Gasteiger charge is 2.25. The predicted molar refractivity (Wildman–Crippen MR) is 113 cm³/mol. The highest BCUT2D eigenvalue weighted by Crippen LogP contribution is 2.39. The van der Waals surface area contributed by atoms with Crippen molar-refractivity contribution in [3.63, 3.8) is 0 Å². The number of rotatable bonds is 6. The number of hydrogen-bond donors (Lipinski definition) is 0. The predicted octanol–water partition coefficient (Wildman–Crippen LogP) is 4.78. The van der Waals surface area contributed by atoms with Crippen LogP contribution < -0.4 is 0 Å². The van der Waals surface area contributed by atoms with Crippen LogP contribution in [0, 0.1) is 11.6 Å². The first kappa shape index (κ1) is 21.6. The Kier molecular flexibility index (Phi) is 6.17. The Hall–Kier alpha value is -2.63. The first-order valence-electron chi connectivity index (χ1n) is 8.98. The van der Waals surface area contributed by atoms with Gasteiger partial charge in [0.2, 0.25) is 0 Å². The van der Waals surface area contributed by atoms with E-state index in [0.29, 0.717) is 11.6 Å². The fourth-order valence-electron chi connectivity index (χ4n) is 2.97. The van der Waals surface area contributed by atoms with Crippen LogP contribution in [-0.4, -0.2) is 40.4 Å². The van der Waals surface area contributed by atoms with E-state index in [4.69, 9.17) is 23.2 Å². The van der Waals surface area contributed by atoms with Crippen molar-refractivity contribution in [1.29, 1.82) is 0 Å².